The number of carbonyl (C=O) groups excluding carboxylic acids is 1. The lowest BCUT2D eigenvalue weighted by atomic mass is 9.98. The molecule has 40 heavy (non-hydrogen) atoms. The van der Waals surface area contributed by atoms with E-state index in [1.807, 2.05) is 0 Å². The molecule has 17 heteroatoms. The van der Waals surface area contributed by atoms with Gasteiger partial charge in [0.2, 0.25) is 5.79 Å². The molecule has 232 valence electrons. The summed E-state index contributed by atoms with van der Waals surface area (Å²) in [6.45, 7) is 0.103. The molecule has 0 bridgehead atoms. The van der Waals surface area contributed by atoms with Crippen LogP contribution in [0, 0.1) is 0 Å². The van der Waals surface area contributed by atoms with Crippen molar-refractivity contribution in [2.45, 2.75) is 99.4 Å². The molecule has 17 nitrogen and oxygen atoms in total. The van der Waals surface area contributed by atoms with Crippen LogP contribution in [0.15, 0.2) is 11.6 Å². The molecule has 10 N–H and O–H groups in total. The summed E-state index contributed by atoms with van der Waals surface area (Å²) >= 11 is 0. The van der Waals surface area contributed by atoms with Crippen LogP contribution in [0.25, 0.3) is 0 Å². The van der Waals surface area contributed by atoms with Crippen molar-refractivity contribution >= 4 is 5.97 Å². The minimum Gasteiger partial charge on any atom is -0.459 e. The molecule has 0 aromatic carbocycles. The summed E-state index contributed by atoms with van der Waals surface area (Å²) in [5, 5.41) is 101. The van der Waals surface area contributed by atoms with E-state index in [1.165, 1.54) is 13.0 Å². The van der Waals surface area contributed by atoms with Crippen LogP contribution in [-0.4, -0.2) is 169 Å². The van der Waals surface area contributed by atoms with Crippen molar-refractivity contribution in [3.05, 3.63) is 11.6 Å². The molecule has 3 heterocycles. The molecule has 0 amide bonds. The first-order valence-corrected chi connectivity index (χ1v) is 12.6. The van der Waals surface area contributed by atoms with Gasteiger partial charge in [0, 0.05) is 5.57 Å². The van der Waals surface area contributed by atoms with Gasteiger partial charge in [-0.25, -0.2) is 4.79 Å². The Morgan fingerprint density at radius 3 is 1.85 bits per heavy atom. The zero-order chi connectivity index (χ0) is 29.9. The third-order valence-electron chi connectivity index (χ3n) is 7.12. The molecule has 0 aromatic heterocycles. The summed E-state index contributed by atoms with van der Waals surface area (Å²) in [5.41, 5.74) is 0.277. The Morgan fingerprint density at radius 2 is 1.32 bits per heavy atom. The van der Waals surface area contributed by atoms with Crippen molar-refractivity contribution in [3.63, 3.8) is 0 Å². The normalized spacial score (nSPS) is 46.4. The Balaban J connectivity index is 1.67. The Bertz CT molecular complexity index is 872. The predicted molar refractivity (Wildman–Crippen MR) is 125 cm³/mol. The second kappa shape index (κ2) is 13.7. The minimum absolute atomic E-state index is 0.277. The Hall–Kier alpha value is -1.39. The van der Waals surface area contributed by atoms with Gasteiger partial charge in [0.05, 0.1) is 13.2 Å². The molecule has 0 unspecified atom stereocenters. The average molecular weight is 587 g/mol. The molecule has 3 saturated heterocycles. The fourth-order valence-electron chi connectivity index (χ4n) is 4.39. The smallest absolute Gasteiger partial charge is 0.333 e. The second-order valence-electron chi connectivity index (χ2n) is 9.79. The van der Waals surface area contributed by atoms with Gasteiger partial charge in [0.15, 0.2) is 12.6 Å². The van der Waals surface area contributed by atoms with Crippen LogP contribution in [0.3, 0.4) is 0 Å². The molecule has 3 fully saturated rings. The number of carbonyl (C=O) groups is 1. The van der Waals surface area contributed by atoms with Crippen molar-refractivity contribution in [3.8, 4) is 0 Å². The maximum Gasteiger partial charge on any atom is 0.333 e. The van der Waals surface area contributed by atoms with E-state index in [0.717, 1.165) is 0 Å². The Kier molecular flexibility index (Phi) is 11.4. The number of hydrogen-bond acceptors (Lipinski definition) is 17. The standard InChI is InChI=1S/C23H38O17/c1-3-8(2)20(34)35-5-10-12(26)15(29)17(31)21(37-10)36-6-11-13(27)16(30)18(32)22(38-11)40-23(7-25)19(33)14(28)9(4-24)39-23/h3,9-19,21-22,24-33H,4-7H2,1-2H3/b8-3+/t9-,10-,11-,12-,13+,14-,15+,16+,17-,18-,19-,21-,22+,23-/m0/s1. The van der Waals surface area contributed by atoms with Gasteiger partial charge in [0.1, 0.15) is 80.4 Å². The zero-order valence-corrected chi connectivity index (χ0v) is 21.7. The maximum atomic E-state index is 11.9. The number of aliphatic hydroxyl groups is 10. The SMILES string of the molecule is C/C=C(\C)C(=O)OC[C@@H]1O[C@H](OC[C@@H]2O[C@H](O[C@]3(CO)O[C@@H](CO)[C@H](O)[C@@H]3O)[C@@H](O)[C@H](O)[C@@H]2O)[C@@H](O)[C@H](O)[C@H]1O. The molecule has 0 aromatic rings. The minimum atomic E-state index is -2.38. The van der Waals surface area contributed by atoms with Crippen LogP contribution in [-0.2, 0) is 33.2 Å². The Morgan fingerprint density at radius 1 is 0.775 bits per heavy atom. The quantitative estimate of drug-likeness (QED) is 0.0842. The second-order valence-corrected chi connectivity index (χ2v) is 9.79. The van der Waals surface area contributed by atoms with Gasteiger partial charge in [-0.2, -0.15) is 0 Å². The number of ether oxygens (including phenoxy) is 6. The highest BCUT2D eigenvalue weighted by Gasteiger charge is 2.58. The number of rotatable bonds is 10. The summed E-state index contributed by atoms with van der Waals surface area (Å²) in [4.78, 5) is 11.9. The highest BCUT2D eigenvalue weighted by molar-refractivity contribution is 5.87. The topological polar surface area (TPSA) is 275 Å². The number of aliphatic hydroxyl groups excluding tert-OH is 10. The van der Waals surface area contributed by atoms with E-state index in [2.05, 4.69) is 0 Å². The van der Waals surface area contributed by atoms with Crippen LogP contribution < -0.4 is 0 Å². The van der Waals surface area contributed by atoms with E-state index in [-0.39, 0.29) is 5.57 Å². The first-order chi connectivity index (χ1) is 18.8. The first kappa shape index (κ1) is 33.1. The van der Waals surface area contributed by atoms with Gasteiger partial charge in [-0.15, -0.1) is 0 Å². The fourth-order valence-corrected chi connectivity index (χ4v) is 4.39. The lowest BCUT2D eigenvalue weighted by Crippen LogP contribution is -2.63. The fraction of sp³-hybridized carbons (Fsp3) is 0.870. The van der Waals surface area contributed by atoms with Gasteiger partial charge in [-0.05, 0) is 13.8 Å². The molecular weight excluding hydrogens is 548 g/mol. The van der Waals surface area contributed by atoms with Gasteiger partial charge < -0.3 is 79.5 Å². The van der Waals surface area contributed by atoms with Crippen molar-refractivity contribution in [1.82, 2.24) is 0 Å². The first-order valence-electron chi connectivity index (χ1n) is 12.6. The summed E-state index contributed by atoms with van der Waals surface area (Å²) in [6, 6.07) is 0. The molecule has 0 radical (unpaired) electrons. The average Bonchev–Trinajstić information content (AvgIpc) is 3.20. The van der Waals surface area contributed by atoms with E-state index in [1.54, 1.807) is 6.92 Å². The molecule has 3 rings (SSSR count). The summed E-state index contributed by atoms with van der Waals surface area (Å²) in [7, 11) is 0. The molecule has 14 atom stereocenters. The molecule has 0 spiro atoms. The third kappa shape index (κ3) is 6.64. The van der Waals surface area contributed by atoms with Gasteiger partial charge in [-0.1, -0.05) is 6.08 Å². The van der Waals surface area contributed by atoms with Gasteiger partial charge >= 0.3 is 5.97 Å². The summed E-state index contributed by atoms with van der Waals surface area (Å²) < 4.78 is 32.0. The molecule has 3 aliphatic heterocycles. The van der Waals surface area contributed by atoms with Crippen LogP contribution in [0.4, 0.5) is 0 Å². The van der Waals surface area contributed by atoms with E-state index < -0.39 is 118 Å². The highest BCUT2D eigenvalue weighted by Crippen LogP contribution is 2.36. The van der Waals surface area contributed by atoms with Crippen LogP contribution >= 0.6 is 0 Å². The third-order valence-corrected chi connectivity index (χ3v) is 7.12. The predicted octanol–water partition coefficient (Wildman–Crippen LogP) is -6.05. The van der Waals surface area contributed by atoms with Gasteiger partial charge in [0.25, 0.3) is 0 Å². The maximum absolute atomic E-state index is 11.9. The van der Waals surface area contributed by atoms with Gasteiger partial charge in [-0.3, -0.25) is 0 Å². The molecule has 0 aliphatic carbocycles. The van der Waals surface area contributed by atoms with Crippen molar-refractivity contribution < 1.29 is 84.3 Å². The van der Waals surface area contributed by atoms with Crippen LogP contribution in [0.1, 0.15) is 13.8 Å². The summed E-state index contributed by atoms with van der Waals surface area (Å²) in [6.07, 6.45) is -20.8. The van der Waals surface area contributed by atoms with E-state index in [9.17, 15) is 55.9 Å². The number of hydrogen-bond donors (Lipinski definition) is 10. The van der Waals surface area contributed by atoms with Crippen molar-refractivity contribution in [2.75, 3.05) is 26.4 Å². The van der Waals surface area contributed by atoms with Crippen LogP contribution in [0.5, 0.6) is 0 Å². The lowest BCUT2D eigenvalue weighted by Gasteiger charge is -2.44. The number of allylic oxidation sites excluding steroid dienone is 1. The van der Waals surface area contributed by atoms with Crippen LogP contribution in [0.2, 0.25) is 0 Å². The van der Waals surface area contributed by atoms with E-state index in [0.29, 0.717) is 0 Å². The molecular formula is C23H38O17. The van der Waals surface area contributed by atoms with E-state index >= 15 is 0 Å². The zero-order valence-electron chi connectivity index (χ0n) is 21.7. The number of esters is 1. The molecule has 0 saturated carbocycles. The highest BCUT2D eigenvalue weighted by atomic mass is 16.8. The lowest BCUT2D eigenvalue weighted by molar-refractivity contribution is -0.388. The Labute approximate surface area is 228 Å². The monoisotopic (exact) mass is 586 g/mol. The largest absolute Gasteiger partial charge is 0.459 e. The van der Waals surface area contributed by atoms with Crippen molar-refractivity contribution in [1.29, 1.82) is 0 Å². The summed E-state index contributed by atoms with van der Waals surface area (Å²) in [5.74, 6) is -3.09. The molecule has 3 aliphatic rings. The van der Waals surface area contributed by atoms with Crippen molar-refractivity contribution in [2.24, 2.45) is 0 Å². The van der Waals surface area contributed by atoms with E-state index in [4.69, 9.17) is 28.4 Å².